The Hall–Kier alpha value is -1.43. The predicted molar refractivity (Wildman–Crippen MR) is 41.4 cm³/mol. The molecule has 3 heteroatoms. The van der Waals surface area contributed by atoms with E-state index in [1.54, 1.807) is 0 Å². The van der Waals surface area contributed by atoms with Crippen LogP contribution in [0.5, 0.6) is 0 Å². The zero-order valence-corrected chi connectivity index (χ0v) is 6.51. The predicted octanol–water partition coefficient (Wildman–Crippen LogP) is 2.95. The molecule has 0 aliphatic heterocycles. The number of halogens is 2. The maximum absolute atomic E-state index is 12.9. The highest BCUT2D eigenvalue weighted by molar-refractivity contribution is 5.23. The van der Waals surface area contributed by atoms with Crippen LogP contribution in [0.1, 0.15) is 18.5 Å². The van der Waals surface area contributed by atoms with Gasteiger partial charge in [-0.2, -0.15) is 0 Å². The molecule has 0 aliphatic carbocycles. The molecule has 0 heterocycles. The number of nitrogens with zero attached hydrogens (tertiary/aromatic N) is 1. The lowest BCUT2D eigenvalue weighted by atomic mass is 10.1. The lowest BCUT2D eigenvalue weighted by molar-refractivity contribution is 0.581. The van der Waals surface area contributed by atoms with Crippen LogP contribution in [0.25, 0.3) is 4.85 Å². The molecule has 0 saturated heterocycles. The minimum Gasteiger partial charge on any atom is -0.309 e. The van der Waals surface area contributed by atoms with Crippen LogP contribution in [-0.2, 0) is 0 Å². The topological polar surface area (TPSA) is 4.36 Å². The number of hydrogen-bond donors (Lipinski definition) is 0. The second-order valence-corrected chi connectivity index (χ2v) is 2.47. The summed E-state index contributed by atoms with van der Waals surface area (Å²) >= 11 is 0. The van der Waals surface area contributed by atoms with Crippen molar-refractivity contribution in [2.24, 2.45) is 0 Å². The van der Waals surface area contributed by atoms with Gasteiger partial charge in [0.15, 0.2) is 0 Å². The molecule has 0 aliphatic rings. The fourth-order valence-corrected chi connectivity index (χ4v) is 0.904. The summed E-state index contributed by atoms with van der Waals surface area (Å²) in [4.78, 5) is 3.10. The number of rotatable bonds is 1. The Bertz CT molecular complexity index is 328. The monoisotopic (exact) mass is 167 g/mol. The lowest BCUT2D eigenvalue weighted by Gasteiger charge is -2.00. The van der Waals surface area contributed by atoms with Crippen LogP contribution >= 0.6 is 0 Å². The Morgan fingerprint density at radius 1 is 1.42 bits per heavy atom. The van der Waals surface area contributed by atoms with Gasteiger partial charge in [-0.05, 0) is 18.2 Å². The summed E-state index contributed by atoms with van der Waals surface area (Å²) in [5.41, 5.74) is 0.116. The van der Waals surface area contributed by atoms with Crippen molar-refractivity contribution in [2.75, 3.05) is 0 Å². The van der Waals surface area contributed by atoms with Gasteiger partial charge >= 0.3 is 0 Å². The van der Waals surface area contributed by atoms with Gasteiger partial charge in [0, 0.05) is 6.92 Å². The molecule has 0 saturated carbocycles. The number of hydrogen-bond acceptors (Lipinski definition) is 0. The van der Waals surface area contributed by atoms with E-state index in [0.29, 0.717) is 0 Å². The van der Waals surface area contributed by atoms with Crippen molar-refractivity contribution in [3.05, 3.63) is 46.8 Å². The molecule has 0 aromatic heterocycles. The van der Waals surface area contributed by atoms with Crippen molar-refractivity contribution in [3.63, 3.8) is 0 Å². The summed E-state index contributed by atoms with van der Waals surface area (Å²) in [6, 6.07) is 2.50. The smallest absolute Gasteiger partial charge is 0.248 e. The molecule has 0 fully saturated rings. The normalized spacial score (nSPS) is 12.2. The Morgan fingerprint density at radius 3 is 2.67 bits per heavy atom. The van der Waals surface area contributed by atoms with Gasteiger partial charge < -0.3 is 4.85 Å². The third-order valence-corrected chi connectivity index (χ3v) is 1.60. The minimum absolute atomic E-state index is 0.116. The van der Waals surface area contributed by atoms with E-state index in [1.807, 2.05) is 0 Å². The fourth-order valence-electron chi connectivity index (χ4n) is 0.904. The van der Waals surface area contributed by atoms with Gasteiger partial charge in [-0.15, -0.1) is 0 Å². The van der Waals surface area contributed by atoms with Gasteiger partial charge in [-0.1, -0.05) is 0 Å². The highest BCUT2D eigenvalue weighted by Gasteiger charge is 2.14. The SMILES string of the molecule is [C-]#[N+]C(C)c1cc(F)ccc1F. The minimum atomic E-state index is -0.624. The molecular weight excluding hydrogens is 160 g/mol. The second kappa shape index (κ2) is 3.31. The first-order valence-electron chi connectivity index (χ1n) is 3.46. The average molecular weight is 167 g/mol. The van der Waals surface area contributed by atoms with Crippen LogP contribution in [-0.4, -0.2) is 0 Å². The zero-order chi connectivity index (χ0) is 9.14. The molecule has 1 aromatic rings. The summed E-state index contributed by atoms with van der Waals surface area (Å²) in [7, 11) is 0. The van der Waals surface area contributed by atoms with Gasteiger partial charge in [-0.25, -0.2) is 15.4 Å². The molecule has 0 spiro atoms. The molecule has 0 N–H and O–H groups in total. The van der Waals surface area contributed by atoms with Gasteiger partial charge in [0.1, 0.15) is 11.6 Å². The Balaban J connectivity index is 3.15. The third-order valence-electron chi connectivity index (χ3n) is 1.60. The van der Waals surface area contributed by atoms with E-state index in [4.69, 9.17) is 6.57 Å². The standard InChI is InChI=1S/C9H7F2N/c1-6(12-2)8-5-7(10)3-4-9(8)11/h3-6H,1H3. The Labute approximate surface area is 69.5 Å². The third kappa shape index (κ3) is 1.59. The van der Waals surface area contributed by atoms with Gasteiger partial charge in [0.25, 0.3) is 0 Å². The van der Waals surface area contributed by atoms with Crippen molar-refractivity contribution in [3.8, 4) is 0 Å². The molecule has 1 nitrogen and oxygen atoms in total. The molecule has 62 valence electrons. The molecule has 0 radical (unpaired) electrons. The van der Waals surface area contributed by atoms with Crippen LogP contribution < -0.4 is 0 Å². The first-order valence-corrected chi connectivity index (χ1v) is 3.46. The highest BCUT2D eigenvalue weighted by Crippen LogP contribution is 2.20. The largest absolute Gasteiger partial charge is 0.309 e. The van der Waals surface area contributed by atoms with Crippen molar-refractivity contribution in [2.45, 2.75) is 13.0 Å². The van der Waals surface area contributed by atoms with Crippen LogP contribution in [0.2, 0.25) is 0 Å². The van der Waals surface area contributed by atoms with Gasteiger partial charge in [0.05, 0.1) is 5.56 Å². The molecular formula is C9H7F2N. The van der Waals surface area contributed by atoms with Crippen molar-refractivity contribution >= 4 is 0 Å². The van der Waals surface area contributed by atoms with Crippen molar-refractivity contribution < 1.29 is 8.78 Å². The van der Waals surface area contributed by atoms with Crippen LogP contribution in [0, 0.1) is 18.2 Å². The van der Waals surface area contributed by atoms with Gasteiger partial charge in [-0.3, -0.25) is 0 Å². The molecule has 1 unspecified atom stereocenters. The van der Waals surface area contributed by atoms with E-state index in [1.165, 1.54) is 6.92 Å². The second-order valence-electron chi connectivity index (χ2n) is 2.47. The van der Waals surface area contributed by atoms with Crippen LogP contribution in [0.3, 0.4) is 0 Å². The summed E-state index contributed by atoms with van der Waals surface area (Å²) < 4.78 is 25.5. The Morgan fingerprint density at radius 2 is 2.08 bits per heavy atom. The molecule has 1 aromatic carbocycles. The van der Waals surface area contributed by atoms with Gasteiger partial charge in [0.2, 0.25) is 6.04 Å². The van der Waals surface area contributed by atoms with Crippen molar-refractivity contribution in [1.82, 2.24) is 0 Å². The maximum Gasteiger partial charge on any atom is 0.248 e. The summed E-state index contributed by atoms with van der Waals surface area (Å²) in [6.45, 7) is 8.18. The van der Waals surface area contributed by atoms with E-state index >= 15 is 0 Å². The molecule has 12 heavy (non-hydrogen) atoms. The van der Waals surface area contributed by atoms with E-state index < -0.39 is 17.7 Å². The summed E-state index contributed by atoms with van der Waals surface area (Å²) in [5.74, 6) is -1.04. The first-order chi connectivity index (χ1) is 5.65. The quantitative estimate of drug-likeness (QED) is 0.566. The lowest BCUT2D eigenvalue weighted by Crippen LogP contribution is -1.93. The molecule has 1 atom stereocenters. The maximum atomic E-state index is 12.9. The number of benzene rings is 1. The summed E-state index contributed by atoms with van der Waals surface area (Å²) in [6.07, 6.45) is 0. The van der Waals surface area contributed by atoms with Crippen LogP contribution in [0.15, 0.2) is 18.2 Å². The van der Waals surface area contributed by atoms with Crippen LogP contribution in [0.4, 0.5) is 8.78 Å². The van der Waals surface area contributed by atoms with Crippen molar-refractivity contribution in [1.29, 1.82) is 0 Å². The zero-order valence-electron chi connectivity index (χ0n) is 6.51. The first kappa shape index (κ1) is 8.66. The Kier molecular flexibility index (Phi) is 2.39. The fraction of sp³-hybridized carbons (Fsp3) is 0.222. The van der Waals surface area contributed by atoms with E-state index in [2.05, 4.69) is 4.85 Å². The average Bonchev–Trinajstić information content (AvgIpc) is 2.08. The van der Waals surface area contributed by atoms with E-state index in [0.717, 1.165) is 18.2 Å². The highest BCUT2D eigenvalue weighted by atomic mass is 19.1. The van der Waals surface area contributed by atoms with E-state index in [-0.39, 0.29) is 5.56 Å². The van der Waals surface area contributed by atoms with E-state index in [9.17, 15) is 8.78 Å². The molecule has 1 rings (SSSR count). The molecule has 0 bridgehead atoms. The summed E-state index contributed by atoms with van der Waals surface area (Å²) in [5, 5.41) is 0. The molecule has 0 amide bonds.